The van der Waals surface area contributed by atoms with Crippen molar-refractivity contribution in [1.29, 1.82) is 5.26 Å². The Morgan fingerprint density at radius 3 is 1.96 bits per heavy atom. The first-order valence-electron chi connectivity index (χ1n) is 7.42. The van der Waals surface area contributed by atoms with Crippen molar-refractivity contribution in [2.24, 2.45) is 0 Å². The number of nitrogens with zero attached hydrogens (tertiary/aromatic N) is 1. The molecular weight excluding hydrogens is 344 g/mol. The van der Waals surface area contributed by atoms with Gasteiger partial charge in [0.2, 0.25) is 0 Å². The van der Waals surface area contributed by atoms with Crippen LogP contribution < -0.4 is 0 Å². The molecule has 0 amide bonds. The minimum Gasteiger partial charge on any atom is -0.224 e. The number of sulfone groups is 1. The van der Waals surface area contributed by atoms with Crippen LogP contribution in [0.3, 0.4) is 0 Å². The highest BCUT2D eigenvalue weighted by Gasteiger charge is 2.23. The summed E-state index contributed by atoms with van der Waals surface area (Å²) in [7, 11) is -3.99. The van der Waals surface area contributed by atoms with Crippen molar-refractivity contribution < 1.29 is 17.2 Å². The van der Waals surface area contributed by atoms with Crippen LogP contribution in [0.5, 0.6) is 0 Å². The lowest BCUT2D eigenvalue weighted by Crippen LogP contribution is -2.05. The Labute approximate surface area is 144 Å². The Kier molecular flexibility index (Phi) is 4.27. The molecule has 0 N–H and O–H groups in total. The van der Waals surface area contributed by atoms with Crippen molar-refractivity contribution in [3.05, 3.63) is 76.9 Å². The quantitative estimate of drug-likeness (QED) is 0.831. The second kappa shape index (κ2) is 6.26. The first kappa shape index (κ1) is 17.1. The maximum Gasteiger partial charge on any atom is 0.181 e. The molecule has 126 valence electrons. The van der Waals surface area contributed by atoms with Gasteiger partial charge in [-0.05, 0) is 53.0 Å². The highest BCUT2D eigenvalue weighted by atomic mass is 32.2. The molecule has 3 nitrogen and oxygen atoms in total. The van der Waals surface area contributed by atoms with E-state index in [2.05, 4.69) is 0 Å². The highest BCUT2D eigenvalue weighted by molar-refractivity contribution is 7.90. The average molecular weight is 357 g/mol. The van der Waals surface area contributed by atoms with Gasteiger partial charge in [-0.15, -0.1) is 0 Å². The third kappa shape index (κ3) is 3.24. The molecule has 1 aliphatic carbocycles. The molecule has 0 saturated heterocycles. The van der Waals surface area contributed by atoms with Crippen molar-refractivity contribution in [2.45, 2.75) is 11.3 Å². The van der Waals surface area contributed by atoms with Crippen molar-refractivity contribution >= 4 is 21.0 Å². The van der Waals surface area contributed by atoms with Crippen molar-refractivity contribution in [3.8, 4) is 6.07 Å². The number of hydrogen-bond acceptors (Lipinski definition) is 3. The number of hydrogen-bond donors (Lipinski definition) is 0. The van der Waals surface area contributed by atoms with Gasteiger partial charge in [0.15, 0.2) is 9.84 Å². The fraction of sp³-hybridized carbons (Fsp3) is 0.105. The van der Waals surface area contributed by atoms with Crippen molar-refractivity contribution in [2.75, 3.05) is 6.26 Å². The molecule has 0 heterocycles. The third-order valence-corrected chi connectivity index (χ3v) is 5.07. The molecule has 0 saturated carbocycles. The normalized spacial score (nSPS) is 14.0. The molecule has 0 aromatic heterocycles. The molecule has 6 heteroatoms. The van der Waals surface area contributed by atoms with Crippen LogP contribution in [0.15, 0.2) is 53.4 Å². The molecule has 0 radical (unpaired) electrons. The second-order valence-corrected chi connectivity index (χ2v) is 7.65. The van der Waals surface area contributed by atoms with Crippen molar-refractivity contribution in [3.63, 3.8) is 0 Å². The summed E-state index contributed by atoms with van der Waals surface area (Å²) >= 11 is 0. The van der Waals surface area contributed by atoms with Gasteiger partial charge in [0, 0.05) is 6.26 Å². The van der Waals surface area contributed by atoms with Crippen LogP contribution in [-0.2, 0) is 9.84 Å². The lowest BCUT2D eigenvalue weighted by molar-refractivity contribution is 0.521. The van der Waals surface area contributed by atoms with Gasteiger partial charge < -0.3 is 0 Å². The van der Waals surface area contributed by atoms with E-state index in [9.17, 15) is 17.2 Å². The van der Waals surface area contributed by atoms with Gasteiger partial charge in [-0.2, -0.15) is 5.26 Å². The Morgan fingerprint density at radius 2 is 1.48 bits per heavy atom. The SMILES string of the molecule is CS(=O)(=O)c1c(F)cc(C2=CCC=C2c2ccc(C#N)cc2)cc1F. The Hall–Kier alpha value is -2.78. The predicted octanol–water partition coefficient (Wildman–Crippen LogP) is 4.11. The van der Waals surface area contributed by atoms with Crippen LogP contribution >= 0.6 is 0 Å². The van der Waals surface area contributed by atoms with E-state index >= 15 is 0 Å². The fourth-order valence-corrected chi connectivity index (χ4v) is 3.68. The van der Waals surface area contributed by atoms with E-state index in [-0.39, 0.29) is 5.56 Å². The highest BCUT2D eigenvalue weighted by Crippen LogP contribution is 2.37. The maximum absolute atomic E-state index is 14.2. The van der Waals surface area contributed by atoms with E-state index in [0.717, 1.165) is 29.5 Å². The van der Waals surface area contributed by atoms with Gasteiger partial charge in [0.1, 0.15) is 16.5 Å². The number of rotatable bonds is 3. The third-order valence-electron chi connectivity index (χ3n) is 3.94. The number of benzene rings is 2. The molecule has 0 atom stereocenters. The molecule has 0 fully saturated rings. The van der Waals surface area contributed by atoms with Gasteiger partial charge in [0.05, 0.1) is 11.6 Å². The van der Waals surface area contributed by atoms with Crippen LogP contribution in [0.2, 0.25) is 0 Å². The zero-order valence-corrected chi connectivity index (χ0v) is 14.1. The van der Waals surface area contributed by atoms with Gasteiger partial charge in [0.25, 0.3) is 0 Å². The minimum absolute atomic E-state index is 0.274. The summed E-state index contributed by atoms with van der Waals surface area (Å²) in [5.41, 5.74) is 3.02. The van der Waals surface area contributed by atoms with Gasteiger partial charge in [-0.25, -0.2) is 17.2 Å². The van der Waals surface area contributed by atoms with E-state index in [0.29, 0.717) is 17.6 Å². The smallest absolute Gasteiger partial charge is 0.181 e. The number of nitriles is 1. The lowest BCUT2D eigenvalue weighted by atomic mass is 9.94. The van der Waals surface area contributed by atoms with E-state index in [1.54, 1.807) is 24.3 Å². The standard InChI is InChI=1S/C19H13F2NO2S/c1-25(23,24)19-17(20)9-14(10-18(19)21)16-4-2-3-15(16)13-7-5-12(11-22)6-8-13/h3-10H,2H2,1H3. The first-order valence-corrected chi connectivity index (χ1v) is 9.31. The second-order valence-electron chi connectivity index (χ2n) is 5.70. The van der Waals surface area contributed by atoms with Crippen LogP contribution in [0.4, 0.5) is 8.78 Å². The zero-order valence-electron chi connectivity index (χ0n) is 13.3. The summed E-state index contributed by atoms with van der Waals surface area (Å²) in [6.45, 7) is 0. The summed E-state index contributed by atoms with van der Waals surface area (Å²) in [5.74, 6) is -2.21. The van der Waals surface area contributed by atoms with E-state index in [4.69, 9.17) is 5.26 Å². The largest absolute Gasteiger partial charge is 0.224 e. The minimum atomic E-state index is -3.99. The van der Waals surface area contributed by atoms with E-state index < -0.39 is 26.4 Å². The molecule has 1 aliphatic rings. The molecule has 0 aliphatic heterocycles. The van der Waals surface area contributed by atoms with E-state index in [1.807, 2.05) is 18.2 Å². The molecule has 25 heavy (non-hydrogen) atoms. The zero-order chi connectivity index (χ0) is 18.2. The van der Waals surface area contributed by atoms with Gasteiger partial charge in [-0.3, -0.25) is 0 Å². The average Bonchev–Trinajstić information content (AvgIpc) is 3.02. The number of halogens is 2. The summed E-state index contributed by atoms with van der Waals surface area (Å²) in [4.78, 5) is -0.918. The van der Waals surface area contributed by atoms with Crippen LogP contribution in [0.25, 0.3) is 11.1 Å². The molecular formula is C19H13F2NO2S. The molecule has 2 aromatic rings. The van der Waals surface area contributed by atoms with Crippen LogP contribution in [0.1, 0.15) is 23.1 Å². The lowest BCUT2D eigenvalue weighted by Gasteiger charge is -2.12. The summed E-state index contributed by atoms with van der Waals surface area (Å²) in [6.07, 6.45) is 5.10. The number of allylic oxidation sites excluding steroid dienone is 4. The van der Waals surface area contributed by atoms with Crippen LogP contribution in [0, 0.1) is 23.0 Å². The topological polar surface area (TPSA) is 57.9 Å². The Morgan fingerprint density at radius 1 is 0.960 bits per heavy atom. The summed E-state index contributed by atoms with van der Waals surface area (Å²) in [5, 5.41) is 8.87. The predicted molar refractivity (Wildman–Crippen MR) is 91.2 cm³/mol. The fourth-order valence-electron chi connectivity index (χ4n) is 2.86. The van der Waals surface area contributed by atoms with E-state index in [1.165, 1.54) is 0 Å². The monoisotopic (exact) mass is 357 g/mol. The Bertz CT molecular complexity index is 1040. The molecule has 0 bridgehead atoms. The first-order chi connectivity index (χ1) is 11.8. The maximum atomic E-state index is 14.2. The molecule has 2 aromatic carbocycles. The molecule has 0 spiro atoms. The van der Waals surface area contributed by atoms with Crippen LogP contribution in [-0.4, -0.2) is 14.7 Å². The summed E-state index contributed by atoms with van der Waals surface area (Å²) in [6, 6.07) is 11.0. The van der Waals surface area contributed by atoms with Gasteiger partial charge in [-0.1, -0.05) is 24.3 Å². The molecule has 0 unspecified atom stereocenters. The Balaban J connectivity index is 2.05. The van der Waals surface area contributed by atoms with Crippen molar-refractivity contribution in [1.82, 2.24) is 0 Å². The summed E-state index contributed by atoms with van der Waals surface area (Å²) < 4.78 is 51.4. The molecule has 3 rings (SSSR count). The van der Waals surface area contributed by atoms with Gasteiger partial charge >= 0.3 is 0 Å².